The summed E-state index contributed by atoms with van der Waals surface area (Å²) in [5.74, 6) is 0.490. The average Bonchev–Trinajstić information content (AvgIpc) is 2.92. The average molecular weight is 278 g/mol. The maximum absolute atomic E-state index is 12.1. The lowest BCUT2D eigenvalue weighted by Crippen LogP contribution is -2.46. The lowest BCUT2D eigenvalue weighted by Gasteiger charge is -2.34. The Bertz CT molecular complexity index is 446. The molecule has 1 atom stereocenters. The van der Waals surface area contributed by atoms with Crippen molar-refractivity contribution >= 4 is 22.4 Å². The van der Waals surface area contributed by atoms with E-state index in [0.717, 1.165) is 25.9 Å². The molecule has 1 aromatic heterocycles. The highest BCUT2D eigenvalue weighted by Gasteiger charge is 2.26. The molecule has 0 radical (unpaired) electrons. The van der Waals surface area contributed by atoms with Gasteiger partial charge in [0.05, 0.1) is 12.1 Å². The normalized spacial score (nSPS) is 18.7. The van der Waals surface area contributed by atoms with Gasteiger partial charge in [-0.05, 0) is 38.8 Å². The smallest absolute Gasteiger partial charge is 0.243 e. The van der Waals surface area contributed by atoms with Gasteiger partial charge in [-0.3, -0.25) is 9.69 Å². The molecular formula is C13H18N4OS. The van der Waals surface area contributed by atoms with Crippen molar-refractivity contribution in [2.75, 3.05) is 18.4 Å². The van der Waals surface area contributed by atoms with Crippen LogP contribution in [-0.2, 0) is 4.79 Å². The van der Waals surface area contributed by atoms with Gasteiger partial charge in [-0.15, -0.1) is 11.3 Å². The SMILES string of the molecule is CC(C(=O)Nc1nccs1)N1CCC(CC#N)CC1. The highest BCUT2D eigenvalue weighted by Crippen LogP contribution is 2.22. The molecule has 0 saturated carbocycles. The maximum Gasteiger partial charge on any atom is 0.243 e. The number of amides is 1. The fraction of sp³-hybridized carbons (Fsp3) is 0.615. The molecule has 0 bridgehead atoms. The first kappa shape index (κ1) is 14.0. The van der Waals surface area contributed by atoms with Gasteiger partial charge in [0, 0.05) is 18.0 Å². The molecule has 1 aromatic rings. The summed E-state index contributed by atoms with van der Waals surface area (Å²) in [6, 6.07) is 2.08. The molecule has 1 amide bonds. The van der Waals surface area contributed by atoms with Gasteiger partial charge in [-0.1, -0.05) is 0 Å². The van der Waals surface area contributed by atoms with Crippen molar-refractivity contribution in [2.45, 2.75) is 32.2 Å². The molecule has 0 aromatic carbocycles. The second kappa shape index (κ2) is 6.64. The molecule has 1 unspecified atom stereocenters. The van der Waals surface area contributed by atoms with Crippen molar-refractivity contribution in [1.82, 2.24) is 9.88 Å². The van der Waals surface area contributed by atoms with Crippen LogP contribution in [0.4, 0.5) is 5.13 Å². The summed E-state index contributed by atoms with van der Waals surface area (Å²) in [4.78, 5) is 18.3. The van der Waals surface area contributed by atoms with Gasteiger partial charge in [0.2, 0.25) is 5.91 Å². The van der Waals surface area contributed by atoms with Gasteiger partial charge in [-0.2, -0.15) is 5.26 Å². The fourth-order valence-electron chi connectivity index (χ4n) is 2.33. The monoisotopic (exact) mass is 278 g/mol. The van der Waals surface area contributed by atoms with Gasteiger partial charge in [-0.25, -0.2) is 4.98 Å². The molecule has 1 fully saturated rings. The van der Waals surface area contributed by atoms with Gasteiger partial charge in [0.15, 0.2) is 5.13 Å². The minimum Gasteiger partial charge on any atom is -0.301 e. The van der Waals surface area contributed by atoms with Crippen molar-refractivity contribution in [3.8, 4) is 6.07 Å². The Morgan fingerprint density at radius 2 is 2.42 bits per heavy atom. The Kier molecular flexibility index (Phi) is 4.88. The number of nitrogens with one attached hydrogen (secondary N) is 1. The van der Waals surface area contributed by atoms with Crippen LogP contribution in [0.3, 0.4) is 0 Å². The molecule has 1 aliphatic heterocycles. The maximum atomic E-state index is 12.1. The number of rotatable bonds is 4. The number of nitriles is 1. The van der Waals surface area contributed by atoms with Crippen molar-refractivity contribution < 1.29 is 4.79 Å². The fourth-order valence-corrected chi connectivity index (χ4v) is 2.87. The van der Waals surface area contributed by atoms with Crippen LogP contribution in [-0.4, -0.2) is 34.9 Å². The summed E-state index contributed by atoms with van der Waals surface area (Å²) in [6.07, 6.45) is 4.32. The van der Waals surface area contributed by atoms with Crippen LogP contribution < -0.4 is 5.32 Å². The number of hydrogen-bond donors (Lipinski definition) is 1. The predicted octanol–water partition coefficient (Wildman–Crippen LogP) is 2.10. The second-order valence-corrected chi connectivity index (χ2v) is 5.74. The third-order valence-corrected chi connectivity index (χ3v) is 4.31. The van der Waals surface area contributed by atoms with E-state index in [-0.39, 0.29) is 11.9 Å². The lowest BCUT2D eigenvalue weighted by atomic mass is 9.93. The van der Waals surface area contributed by atoms with E-state index < -0.39 is 0 Å². The largest absolute Gasteiger partial charge is 0.301 e. The Morgan fingerprint density at radius 3 is 3.00 bits per heavy atom. The summed E-state index contributed by atoms with van der Waals surface area (Å²) >= 11 is 1.42. The van der Waals surface area contributed by atoms with Crippen molar-refractivity contribution in [3.05, 3.63) is 11.6 Å². The first-order valence-electron chi connectivity index (χ1n) is 6.52. The topological polar surface area (TPSA) is 69.0 Å². The molecule has 6 heteroatoms. The third kappa shape index (κ3) is 3.75. The summed E-state index contributed by atoms with van der Waals surface area (Å²) in [6.45, 7) is 3.70. The Balaban J connectivity index is 1.82. The number of anilines is 1. The Labute approximate surface area is 117 Å². The second-order valence-electron chi connectivity index (χ2n) is 4.84. The molecule has 102 valence electrons. The highest BCUT2D eigenvalue weighted by molar-refractivity contribution is 7.13. The van der Waals surface area contributed by atoms with E-state index in [0.29, 0.717) is 17.5 Å². The summed E-state index contributed by atoms with van der Waals surface area (Å²) < 4.78 is 0. The zero-order chi connectivity index (χ0) is 13.7. The number of aromatic nitrogens is 1. The van der Waals surface area contributed by atoms with E-state index in [1.807, 2.05) is 12.3 Å². The molecule has 0 aliphatic carbocycles. The minimum atomic E-state index is -0.146. The first-order valence-corrected chi connectivity index (χ1v) is 7.40. The van der Waals surface area contributed by atoms with Crippen molar-refractivity contribution in [2.24, 2.45) is 5.92 Å². The van der Waals surface area contributed by atoms with E-state index in [1.165, 1.54) is 11.3 Å². The van der Waals surface area contributed by atoms with Crippen LogP contribution in [0.25, 0.3) is 0 Å². The molecule has 1 N–H and O–H groups in total. The van der Waals surface area contributed by atoms with Gasteiger partial charge >= 0.3 is 0 Å². The third-order valence-electron chi connectivity index (χ3n) is 3.62. The van der Waals surface area contributed by atoms with Crippen LogP contribution in [0.2, 0.25) is 0 Å². The molecule has 1 saturated heterocycles. The lowest BCUT2D eigenvalue weighted by molar-refractivity contribution is -0.121. The van der Waals surface area contributed by atoms with Gasteiger partial charge < -0.3 is 5.32 Å². The highest BCUT2D eigenvalue weighted by atomic mass is 32.1. The van der Waals surface area contributed by atoms with Crippen molar-refractivity contribution in [1.29, 1.82) is 5.26 Å². The van der Waals surface area contributed by atoms with E-state index in [1.54, 1.807) is 6.20 Å². The zero-order valence-corrected chi connectivity index (χ0v) is 11.8. The summed E-state index contributed by atoms with van der Waals surface area (Å²) in [5.41, 5.74) is 0. The Hall–Kier alpha value is -1.45. The number of likely N-dealkylation sites (tertiary alicyclic amines) is 1. The number of carbonyl (C=O) groups excluding carboxylic acids is 1. The van der Waals surface area contributed by atoms with E-state index in [2.05, 4.69) is 21.3 Å². The molecule has 0 spiro atoms. The quantitative estimate of drug-likeness (QED) is 0.915. The summed E-state index contributed by atoms with van der Waals surface area (Å²) in [7, 11) is 0. The first-order chi connectivity index (χ1) is 9.20. The number of carbonyl (C=O) groups is 1. The number of piperidine rings is 1. The number of hydrogen-bond acceptors (Lipinski definition) is 5. The van der Waals surface area contributed by atoms with Crippen LogP contribution in [0, 0.1) is 17.2 Å². The number of thiazole rings is 1. The van der Waals surface area contributed by atoms with E-state index >= 15 is 0 Å². The minimum absolute atomic E-state index is 0.00585. The van der Waals surface area contributed by atoms with E-state index in [9.17, 15) is 4.79 Å². The molecule has 5 nitrogen and oxygen atoms in total. The summed E-state index contributed by atoms with van der Waals surface area (Å²) in [5, 5.41) is 14.0. The van der Waals surface area contributed by atoms with Gasteiger partial charge in [0.1, 0.15) is 0 Å². The van der Waals surface area contributed by atoms with Crippen LogP contribution in [0.1, 0.15) is 26.2 Å². The zero-order valence-electron chi connectivity index (χ0n) is 11.0. The molecule has 2 rings (SSSR count). The Morgan fingerprint density at radius 1 is 1.68 bits per heavy atom. The molecule has 19 heavy (non-hydrogen) atoms. The number of nitrogens with zero attached hydrogens (tertiary/aromatic N) is 3. The van der Waals surface area contributed by atoms with Crippen LogP contribution in [0.5, 0.6) is 0 Å². The van der Waals surface area contributed by atoms with Crippen LogP contribution in [0.15, 0.2) is 11.6 Å². The molecule has 2 heterocycles. The molecule has 1 aliphatic rings. The van der Waals surface area contributed by atoms with Crippen LogP contribution >= 0.6 is 11.3 Å². The van der Waals surface area contributed by atoms with Crippen molar-refractivity contribution in [3.63, 3.8) is 0 Å². The molecular weight excluding hydrogens is 260 g/mol. The van der Waals surface area contributed by atoms with Gasteiger partial charge in [0.25, 0.3) is 0 Å². The van der Waals surface area contributed by atoms with E-state index in [4.69, 9.17) is 5.26 Å². The standard InChI is InChI=1S/C13H18N4OS/c1-10(12(18)16-13-15-6-9-19-13)17-7-3-11(2-5-14)4-8-17/h6,9-11H,2-4,7-8H2,1H3,(H,15,16,18). The predicted molar refractivity (Wildman–Crippen MR) is 74.7 cm³/mol.